The van der Waals surface area contributed by atoms with E-state index in [1.165, 1.54) is 56.9 Å². The molecule has 1 aromatic heterocycles. The SMILES string of the molecule is C[C@]12CCCCC1=CC[C@H]1[C@@H]3CCC(O)[C@@]3(Cc3ccoc3)CC[C@@H]12. The Balaban J connectivity index is 1.49. The number of hydrogen-bond acceptors (Lipinski definition) is 2. The van der Waals surface area contributed by atoms with Crippen molar-refractivity contribution in [2.45, 2.75) is 77.2 Å². The summed E-state index contributed by atoms with van der Waals surface area (Å²) in [6, 6.07) is 2.10. The highest BCUT2D eigenvalue weighted by molar-refractivity contribution is 5.25. The number of aliphatic hydroxyl groups excluding tert-OH is 1. The maximum Gasteiger partial charge on any atom is 0.0934 e. The van der Waals surface area contributed by atoms with Crippen LogP contribution >= 0.6 is 0 Å². The van der Waals surface area contributed by atoms with E-state index in [0.717, 1.165) is 24.7 Å². The molecule has 4 aliphatic rings. The van der Waals surface area contributed by atoms with E-state index in [-0.39, 0.29) is 11.5 Å². The van der Waals surface area contributed by atoms with Crippen LogP contribution < -0.4 is 0 Å². The van der Waals surface area contributed by atoms with Crippen molar-refractivity contribution in [2.75, 3.05) is 0 Å². The monoisotopic (exact) mass is 340 g/mol. The molecule has 1 aromatic rings. The van der Waals surface area contributed by atoms with Gasteiger partial charge in [0.15, 0.2) is 0 Å². The fourth-order valence-electron chi connectivity index (χ4n) is 7.59. The molecule has 0 spiro atoms. The first-order valence-corrected chi connectivity index (χ1v) is 10.5. The summed E-state index contributed by atoms with van der Waals surface area (Å²) in [5.41, 5.74) is 3.61. The minimum Gasteiger partial charge on any atom is -0.472 e. The maximum atomic E-state index is 11.0. The molecular weight excluding hydrogens is 308 g/mol. The number of rotatable bonds is 2. The van der Waals surface area contributed by atoms with Gasteiger partial charge in [0.05, 0.1) is 18.6 Å². The van der Waals surface area contributed by atoms with Crippen molar-refractivity contribution in [1.29, 1.82) is 0 Å². The van der Waals surface area contributed by atoms with Gasteiger partial charge in [-0.15, -0.1) is 0 Å². The quantitative estimate of drug-likeness (QED) is 0.720. The van der Waals surface area contributed by atoms with Gasteiger partial charge in [0, 0.05) is 5.41 Å². The molecule has 3 fully saturated rings. The third-order valence-corrected chi connectivity index (χ3v) is 8.80. The lowest BCUT2D eigenvalue weighted by Crippen LogP contribution is -2.52. The number of allylic oxidation sites excluding steroid dienone is 2. The number of aliphatic hydroxyl groups is 1. The molecule has 1 N–H and O–H groups in total. The first kappa shape index (κ1) is 16.2. The van der Waals surface area contributed by atoms with Gasteiger partial charge in [-0.3, -0.25) is 0 Å². The lowest BCUT2D eigenvalue weighted by molar-refractivity contribution is -0.0764. The fourth-order valence-corrected chi connectivity index (χ4v) is 7.59. The Kier molecular flexibility index (Phi) is 3.71. The molecule has 0 aromatic carbocycles. The molecule has 0 bridgehead atoms. The van der Waals surface area contributed by atoms with E-state index in [2.05, 4.69) is 19.1 Å². The van der Waals surface area contributed by atoms with E-state index in [4.69, 9.17) is 4.42 Å². The third kappa shape index (κ3) is 2.25. The van der Waals surface area contributed by atoms with Crippen LogP contribution in [0.4, 0.5) is 0 Å². The maximum absolute atomic E-state index is 11.0. The minimum absolute atomic E-state index is 0.0986. The predicted molar refractivity (Wildman–Crippen MR) is 99.1 cm³/mol. The molecule has 5 rings (SSSR count). The summed E-state index contributed by atoms with van der Waals surface area (Å²) in [6.45, 7) is 2.57. The number of hydrogen-bond donors (Lipinski definition) is 1. The zero-order valence-corrected chi connectivity index (χ0v) is 15.5. The average molecular weight is 341 g/mol. The van der Waals surface area contributed by atoms with Gasteiger partial charge in [0.1, 0.15) is 0 Å². The van der Waals surface area contributed by atoms with Gasteiger partial charge < -0.3 is 9.52 Å². The predicted octanol–water partition coefficient (Wildman–Crippen LogP) is 5.52. The molecule has 4 aliphatic carbocycles. The molecule has 0 saturated heterocycles. The Morgan fingerprint density at radius 1 is 1.16 bits per heavy atom. The van der Waals surface area contributed by atoms with Gasteiger partial charge in [-0.1, -0.05) is 25.0 Å². The van der Waals surface area contributed by atoms with Crippen LogP contribution in [-0.4, -0.2) is 11.2 Å². The Bertz CT molecular complexity index is 660. The van der Waals surface area contributed by atoms with Gasteiger partial charge >= 0.3 is 0 Å². The zero-order valence-electron chi connectivity index (χ0n) is 15.5. The summed E-state index contributed by atoms with van der Waals surface area (Å²) in [5.74, 6) is 2.32. The highest BCUT2D eigenvalue weighted by Crippen LogP contribution is 2.65. The molecule has 136 valence electrons. The molecule has 2 heteroatoms. The largest absolute Gasteiger partial charge is 0.472 e. The van der Waals surface area contributed by atoms with Crippen molar-refractivity contribution < 1.29 is 9.52 Å². The first-order chi connectivity index (χ1) is 12.1. The normalized spacial score (nSPS) is 46.1. The summed E-state index contributed by atoms with van der Waals surface area (Å²) >= 11 is 0. The molecule has 2 nitrogen and oxygen atoms in total. The molecule has 25 heavy (non-hydrogen) atoms. The average Bonchev–Trinajstić information content (AvgIpc) is 3.23. The summed E-state index contributed by atoms with van der Waals surface area (Å²) < 4.78 is 5.34. The van der Waals surface area contributed by atoms with Gasteiger partial charge in [0.2, 0.25) is 0 Å². The van der Waals surface area contributed by atoms with E-state index in [0.29, 0.717) is 11.3 Å². The first-order valence-electron chi connectivity index (χ1n) is 10.5. The van der Waals surface area contributed by atoms with Gasteiger partial charge in [-0.05, 0) is 92.6 Å². The van der Waals surface area contributed by atoms with Crippen LogP contribution in [0.1, 0.15) is 70.3 Å². The van der Waals surface area contributed by atoms with Gasteiger partial charge in [-0.25, -0.2) is 0 Å². The second kappa shape index (κ2) is 5.74. The van der Waals surface area contributed by atoms with E-state index >= 15 is 0 Å². The van der Waals surface area contributed by atoms with E-state index in [1.54, 1.807) is 11.8 Å². The smallest absolute Gasteiger partial charge is 0.0934 e. The zero-order chi connectivity index (χ0) is 17.1. The molecule has 0 aliphatic heterocycles. The molecular formula is C23H32O2. The minimum atomic E-state index is -0.127. The molecule has 0 radical (unpaired) electrons. The van der Waals surface area contributed by atoms with Crippen LogP contribution in [0.3, 0.4) is 0 Å². The highest BCUT2D eigenvalue weighted by Gasteiger charge is 2.59. The summed E-state index contributed by atoms with van der Waals surface area (Å²) in [5, 5.41) is 11.0. The lowest BCUT2D eigenvalue weighted by atomic mass is 9.47. The van der Waals surface area contributed by atoms with Crippen molar-refractivity contribution in [3.8, 4) is 0 Å². The van der Waals surface area contributed by atoms with E-state index in [1.807, 2.05) is 6.26 Å². The molecule has 3 saturated carbocycles. The molecule has 1 heterocycles. The van der Waals surface area contributed by atoms with Crippen LogP contribution in [0, 0.1) is 28.6 Å². The number of fused-ring (bicyclic) bond motifs is 5. The van der Waals surface area contributed by atoms with Crippen LogP contribution in [0.25, 0.3) is 0 Å². The Morgan fingerprint density at radius 3 is 2.92 bits per heavy atom. The van der Waals surface area contributed by atoms with E-state index in [9.17, 15) is 5.11 Å². The topological polar surface area (TPSA) is 33.4 Å². The van der Waals surface area contributed by atoms with E-state index < -0.39 is 0 Å². The second-order valence-electron chi connectivity index (χ2n) is 9.64. The van der Waals surface area contributed by atoms with Crippen molar-refractivity contribution in [3.63, 3.8) is 0 Å². The Labute approximate surface area is 151 Å². The van der Waals surface area contributed by atoms with Crippen molar-refractivity contribution in [1.82, 2.24) is 0 Å². The lowest BCUT2D eigenvalue weighted by Gasteiger charge is -2.58. The van der Waals surface area contributed by atoms with Gasteiger partial charge in [-0.2, -0.15) is 0 Å². The third-order valence-electron chi connectivity index (χ3n) is 8.80. The van der Waals surface area contributed by atoms with Crippen molar-refractivity contribution in [2.24, 2.45) is 28.6 Å². The molecule has 6 atom stereocenters. The van der Waals surface area contributed by atoms with Crippen LogP contribution in [-0.2, 0) is 6.42 Å². The summed E-state index contributed by atoms with van der Waals surface area (Å²) in [4.78, 5) is 0. The summed E-state index contributed by atoms with van der Waals surface area (Å²) in [6.07, 6.45) is 18.7. The van der Waals surface area contributed by atoms with Crippen LogP contribution in [0.5, 0.6) is 0 Å². The second-order valence-corrected chi connectivity index (χ2v) is 9.64. The summed E-state index contributed by atoms with van der Waals surface area (Å²) in [7, 11) is 0. The van der Waals surface area contributed by atoms with Crippen LogP contribution in [0.15, 0.2) is 34.7 Å². The van der Waals surface area contributed by atoms with Crippen molar-refractivity contribution >= 4 is 0 Å². The highest BCUT2D eigenvalue weighted by atomic mass is 16.3. The molecule has 0 amide bonds. The fraction of sp³-hybridized carbons (Fsp3) is 0.739. The standard InChI is InChI=1S/C23H32O2/c1-22-11-3-2-4-17(22)5-6-18-19(22)9-12-23(14-16-10-13-25-15-16)20(18)7-8-21(23)24/h5,10,13,15,18-21,24H,2-4,6-9,11-12,14H2,1H3/t18-,19+,20+,21?,22+,23-/m1/s1. The Hall–Kier alpha value is -1.02. The van der Waals surface area contributed by atoms with Crippen LogP contribution in [0.2, 0.25) is 0 Å². The Morgan fingerprint density at radius 2 is 2.08 bits per heavy atom. The molecule has 1 unspecified atom stereocenters. The van der Waals surface area contributed by atoms with Gasteiger partial charge in [0.25, 0.3) is 0 Å². The number of furan rings is 1. The van der Waals surface area contributed by atoms with Crippen molar-refractivity contribution in [3.05, 3.63) is 35.8 Å².